The van der Waals surface area contributed by atoms with Gasteiger partial charge in [0.1, 0.15) is 5.75 Å². The fraction of sp³-hybridized carbons (Fsp3) is 0.294. The molecule has 0 unspecified atom stereocenters. The Hall–Kier alpha value is -1.76. The van der Waals surface area contributed by atoms with E-state index in [2.05, 4.69) is 31.2 Å². The molecule has 1 nitrogen and oxygen atoms in total. The quantitative estimate of drug-likeness (QED) is 0.746. The maximum absolute atomic E-state index is 5.44. The standard InChI is InChI=1S/C17H19O/c1-3-4-9-14-10-5-6-11-15(14)16-12-7-8-13-17(16)18-2/h5-8,10,12-13H,3-4,9H2,1-2H3. The highest BCUT2D eigenvalue weighted by molar-refractivity contribution is 5.72. The SMILES string of the molecule is CCCCc1ccc[c]c1-c1ccccc1OC. The van der Waals surface area contributed by atoms with Gasteiger partial charge in [-0.1, -0.05) is 49.7 Å². The molecule has 0 heterocycles. The molecular weight excluding hydrogens is 220 g/mol. The molecule has 0 aromatic heterocycles. The molecule has 0 spiro atoms. The summed E-state index contributed by atoms with van der Waals surface area (Å²) in [6.07, 6.45) is 3.52. The number of rotatable bonds is 5. The van der Waals surface area contributed by atoms with Crippen molar-refractivity contribution in [2.75, 3.05) is 7.11 Å². The Labute approximate surface area is 109 Å². The third-order valence-electron chi connectivity index (χ3n) is 3.12. The van der Waals surface area contributed by atoms with Gasteiger partial charge in [-0.15, -0.1) is 0 Å². The lowest BCUT2D eigenvalue weighted by Crippen LogP contribution is -1.93. The van der Waals surface area contributed by atoms with Gasteiger partial charge in [0.05, 0.1) is 7.11 Å². The first-order valence-corrected chi connectivity index (χ1v) is 6.49. The molecule has 0 aliphatic carbocycles. The molecule has 1 heteroatoms. The summed E-state index contributed by atoms with van der Waals surface area (Å²) in [6, 6.07) is 17.7. The van der Waals surface area contributed by atoms with Crippen LogP contribution in [-0.2, 0) is 6.42 Å². The molecule has 0 saturated heterocycles. The third-order valence-corrected chi connectivity index (χ3v) is 3.12. The van der Waals surface area contributed by atoms with Crippen molar-refractivity contribution < 1.29 is 4.74 Å². The Kier molecular flexibility index (Phi) is 4.40. The second-order valence-electron chi connectivity index (χ2n) is 4.37. The van der Waals surface area contributed by atoms with E-state index in [1.165, 1.54) is 24.0 Å². The zero-order valence-electron chi connectivity index (χ0n) is 11.1. The molecule has 93 valence electrons. The van der Waals surface area contributed by atoms with Crippen molar-refractivity contribution in [3.63, 3.8) is 0 Å². The molecule has 0 bridgehead atoms. The highest BCUT2D eigenvalue weighted by atomic mass is 16.5. The Morgan fingerprint density at radius 2 is 1.94 bits per heavy atom. The van der Waals surface area contributed by atoms with E-state index >= 15 is 0 Å². The van der Waals surface area contributed by atoms with E-state index < -0.39 is 0 Å². The van der Waals surface area contributed by atoms with Crippen LogP contribution in [0.1, 0.15) is 25.3 Å². The number of benzene rings is 2. The number of aryl methyl sites for hydroxylation is 1. The summed E-state index contributed by atoms with van der Waals surface area (Å²) >= 11 is 0. The van der Waals surface area contributed by atoms with Gasteiger partial charge in [-0.2, -0.15) is 0 Å². The number of hydrogen-bond acceptors (Lipinski definition) is 1. The monoisotopic (exact) mass is 239 g/mol. The highest BCUT2D eigenvalue weighted by Crippen LogP contribution is 2.32. The minimum atomic E-state index is 0.915. The Morgan fingerprint density at radius 3 is 2.72 bits per heavy atom. The predicted octanol–water partition coefficient (Wildman–Crippen LogP) is 4.50. The third kappa shape index (κ3) is 2.73. The smallest absolute Gasteiger partial charge is 0.126 e. The zero-order valence-corrected chi connectivity index (χ0v) is 11.1. The molecule has 1 radical (unpaired) electrons. The van der Waals surface area contributed by atoms with E-state index in [1.54, 1.807) is 7.11 Å². The zero-order chi connectivity index (χ0) is 12.8. The fourth-order valence-corrected chi connectivity index (χ4v) is 2.15. The van der Waals surface area contributed by atoms with Crippen LogP contribution in [0.5, 0.6) is 5.75 Å². The van der Waals surface area contributed by atoms with Gasteiger partial charge < -0.3 is 4.74 Å². The molecule has 2 aromatic rings. The number of hydrogen-bond donors (Lipinski definition) is 0. The van der Waals surface area contributed by atoms with Crippen molar-refractivity contribution in [3.8, 4) is 16.9 Å². The van der Waals surface area contributed by atoms with Gasteiger partial charge >= 0.3 is 0 Å². The van der Waals surface area contributed by atoms with Gasteiger partial charge in [0.2, 0.25) is 0 Å². The van der Waals surface area contributed by atoms with E-state index in [4.69, 9.17) is 4.74 Å². The van der Waals surface area contributed by atoms with E-state index in [9.17, 15) is 0 Å². The Bertz CT molecular complexity index is 502. The number of ether oxygens (including phenoxy) is 1. The largest absolute Gasteiger partial charge is 0.496 e. The summed E-state index contributed by atoms with van der Waals surface area (Å²) in [4.78, 5) is 0. The highest BCUT2D eigenvalue weighted by Gasteiger charge is 2.08. The molecule has 0 amide bonds. The predicted molar refractivity (Wildman–Crippen MR) is 75.9 cm³/mol. The first-order chi connectivity index (χ1) is 8.86. The van der Waals surface area contributed by atoms with Crippen LogP contribution in [0.4, 0.5) is 0 Å². The van der Waals surface area contributed by atoms with Crippen LogP contribution in [0.25, 0.3) is 11.1 Å². The second kappa shape index (κ2) is 6.25. The van der Waals surface area contributed by atoms with Gasteiger partial charge in [0.25, 0.3) is 0 Å². The topological polar surface area (TPSA) is 9.23 Å². The van der Waals surface area contributed by atoms with Crippen molar-refractivity contribution >= 4 is 0 Å². The lowest BCUT2D eigenvalue weighted by atomic mass is 9.96. The maximum atomic E-state index is 5.44. The fourth-order valence-electron chi connectivity index (χ4n) is 2.15. The van der Waals surface area contributed by atoms with Gasteiger partial charge in [-0.25, -0.2) is 0 Å². The average Bonchev–Trinajstić information content (AvgIpc) is 2.45. The first kappa shape index (κ1) is 12.7. The van der Waals surface area contributed by atoms with E-state index in [0.29, 0.717) is 0 Å². The van der Waals surface area contributed by atoms with Crippen LogP contribution in [0.2, 0.25) is 0 Å². The van der Waals surface area contributed by atoms with E-state index in [1.807, 2.05) is 24.3 Å². The summed E-state index contributed by atoms with van der Waals surface area (Å²) in [7, 11) is 1.72. The first-order valence-electron chi connectivity index (χ1n) is 6.49. The summed E-state index contributed by atoms with van der Waals surface area (Å²) in [5.41, 5.74) is 3.65. The lowest BCUT2D eigenvalue weighted by Gasteiger charge is -2.12. The molecule has 2 aromatic carbocycles. The van der Waals surface area contributed by atoms with Gasteiger partial charge in [-0.05, 0) is 36.1 Å². The maximum Gasteiger partial charge on any atom is 0.126 e. The van der Waals surface area contributed by atoms with Crippen LogP contribution >= 0.6 is 0 Å². The minimum absolute atomic E-state index is 0.915. The summed E-state index contributed by atoms with van der Waals surface area (Å²) in [6.45, 7) is 2.22. The Morgan fingerprint density at radius 1 is 1.11 bits per heavy atom. The van der Waals surface area contributed by atoms with Crippen LogP contribution < -0.4 is 4.74 Å². The molecular formula is C17H19O. The van der Waals surface area contributed by atoms with Crippen LogP contribution in [-0.4, -0.2) is 7.11 Å². The number of para-hydroxylation sites is 1. The molecule has 0 atom stereocenters. The molecule has 0 aliphatic heterocycles. The second-order valence-corrected chi connectivity index (χ2v) is 4.37. The normalized spacial score (nSPS) is 10.3. The van der Waals surface area contributed by atoms with Crippen molar-refractivity contribution in [1.82, 2.24) is 0 Å². The summed E-state index contributed by atoms with van der Waals surface area (Å²) in [5, 5.41) is 0. The molecule has 2 rings (SSSR count). The molecule has 0 N–H and O–H groups in total. The van der Waals surface area contributed by atoms with Crippen molar-refractivity contribution in [2.24, 2.45) is 0 Å². The number of unbranched alkanes of at least 4 members (excludes halogenated alkanes) is 1. The molecule has 18 heavy (non-hydrogen) atoms. The van der Waals surface area contributed by atoms with Crippen molar-refractivity contribution in [3.05, 3.63) is 54.1 Å². The van der Waals surface area contributed by atoms with Crippen molar-refractivity contribution in [2.45, 2.75) is 26.2 Å². The van der Waals surface area contributed by atoms with Crippen molar-refractivity contribution in [1.29, 1.82) is 0 Å². The molecule has 0 aliphatic rings. The van der Waals surface area contributed by atoms with E-state index in [0.717, 1.165) is 17.7 Å². The minimum Gasteiger partial charge on any atom is -0.496 e. The summed E-state index contributed by atoms with van der Waals surface area (Å²) < 4.78 is 5.44. The van der Waals surface area contributed by atoms with E-state index in [-0.39, 0.29) is 0 Å². The average molecular weight is 239 g/mol. The van der Waals surface area contributed by atoms with Gasteiger partial charge in [0, 0.05) is 5.56 Å². The van der Waals surface area contributed by atoms with Crippen LogP contribution in [0.15, 0.2) is 42.5 Å². The van der Waals surface area contributed by atoms with Crippen LogP contribution in [0.3, 0.4) is 0 Å². The Balaban J connectivity index is 2.43. The number of methoxy groups -OCH3 is 1. The summed E-state index contributed by atoms with van der Waals surface area (Å²) in [5.74, 6) is 0.915. The molecule has 0 saturated carbocycles. The van der Waals surface area contributed by atoms with Gasteiger partial charge in [-0.3, -0.25) is 0 Å². The lowest BCUT2D eigenvalue weighted by molar-refractivity contribution is 0.416. The molecule has 0 fully saturated rings. The van der Waals surface area contributed by atoms with Gasteiger partial charge in [0.15, 0.2) is 0 Å². The van der Waals surface area contributed by atoms with Crippen LogP contribution in [0, 0.1) is 6.07 Å².